The molecular formula is C57H106O8. The molecule has 0 heterocycles. The highest BCUT2D eigenvalue weighted by molar-refractivity contribution is 5.76. The minimum atomic E-state index is -1.04. The van der Waals surface area contributed by atoms with Crippen molar-refractivity contribution in [3.8, 4) is 0 Å². The number of carboxylic acids is 2. The Morgan fingerprint density at radius 1 is 0.415 bits per heavy atom. The van der Waals surface area contributed by atoms with Gasteiger partial charge in [0.25, 0.3) is 0 Å². The topological polar surface area (TPSA) is 141 Å². The van der Waals surface area contributed by atoms with Crippen molar-refractivity contribution in [1.29, 1.82) is 0 Å². The number of hydrogen-bond acceptors (Lipinski definition) is 6. The summed E-state index contributed by atoms with van der Waals surface area (Å²) in [7, 11) is 0. The Bertz CT molecular complexity index is 1050. The average Bonchev–Trinajstić information content (AvgIpc) is 3.29. The summed E-state index contributed by atoms with van der Waals surface area (Å²) in [5.74, 6) is -1.54. The molecule has 65 heavy (non-hydrogen) atoms. The highest BCUT2D eigenvalue weighted by atomic mass is 16.5. The number of carboxylic acid groups (broad SMARTS) is 2. The SMILES string of the molecule is CCCCCCCCCCCCCCCCC(CCCCCCCCC=CCCCCCCCC(=O)O)(CCCCCCCCC=CCCCCCCCC(=O)O)C(=O)OCC(O)CO. The van der Waals surface area contributed by atoms with Crippen LogP contribution in [0.25, 0.3) is 0 Å². The lowest BCUT2D eigenvalue weighted by molar-refractivity contribution is -0.161. The van der Waals surface area contributed by atoms with Crippen LogP contribution in [-0.4, -0.2) is 57.7 Å². The summed E-state index contributed by atoms with van der Waals surface area (Å²) in [5, 5.41) is 37.1. The number of rotatable bonds is 53. The van der Waals surface area contributed by atoms with Crippen molar-refractivity contribution in [2.45, 2.75) is 302 Å². The third-order valence-corrected chi connectivity index (χ3v) is 13.5. The van der Waals surface area contributed by atoms with E-state index in [4.69, 9.17) is 14.9 Å². The van der Waals surface area contributed by atoms with Gasteiger partial charge in [0.1, 0.15) is 12.7 Å². The molecule has 0 aromatic heterocycles. The molecule has 8 heteroatoms. The second-order valence-electron chi connectivity index (χ2n) is 19.7. The van der Waals surface area contributed by atoms with Crippen molar-refractivity contribution >= 4 is 17.9 Å². The summed E-state index contributed by atoms with van der Waals surface area (Å²) in [6.45, 7) is 1.74. The van der Waals surface area contributed by atoms with Crippen LogP contribution in [-0.2, 0) is 19.1 Å². The number of esters is 1. The largest absolute Gasteiger partial charge is 0.481 e. The molecule has 0 aliphatic heterocycles. The van der Waals surface area contributed by atoms with Gasteiger partial charge in [0.15, 0.2) is 0 Å². The minimum Gasteiger partial charge on any atom is -0.481 e. The fraction of sp³-hybridized carbons (Fsp3) is 0.877. The first-order valence-electron chi connectivity index (χ1n) is 28.0. The zero-order chi connectivity index (χ0) is 47.6. The molecule has 0 aliphatic carbocycles. The van der Waals surface area contributed by atoms with Gasteiger partial charge < -0.3 is 25.2 Å². The molecule has 382 valence electrons. The second kappa shape index (κ2) is 49.7. The first-order valence-corrected chi connectivity index (χ1v) is 28.0. The third kappa shape index (κ3) is 45.4. The van der Waals surface area contributed by atoms with Gasteiger partial charge in [-0.3, -0.25) is 14.4 Å². The van der Waals surface area contributed by atoms with Gasteiger partial charge in [0, 0.05) is 12.8 Å². The number of allylic oxidation sites excluding steroid dienone is 4. The zero-order valence-corrected chi connectivity index (χ0v) is 42.5. The van der Waals surface area contributed by atoms with Gasteiger partial charge in [-0.15, -0.1) is 0 Å². The minimum absolute atomic E-state index is 0.137. The number of aliphatic carboxylic acids is 2. The first-order chi connectivity index (χ1) is 31.8. The Morgan fingerprint density at radius 3 is 0.954 bits per heavy atom. The summed E-state index contributed by atoms with van der Waals surface area (Å²) >= 11 is 0. The average molecular weight is 919 g/mol. The fourth-order valence-electron chi connectivity index (χ4n) is 9.19. The van der Waals surface area contributed by atoms with Crippen LogP contribution < -0.4 is 0 Å². The van der Waals surface area contributed by atoms with E-state index in [0.717, 1.165) is 122 Å². The number of unbranched alkanes of at least 4 members (excludes halogenated alkanes) is 35. The van der Waals surface area contributed by atoms with E-state index in [1.54, 1.807) is 0 Å². The molecule has 1 atom stereocenters. The molecular weight excluding hydrogens is 813 g/mol. The first kappa shape index (κ1) is 62.8. The highest BCUT2D eigenvalue weighted by Gasteiger charge is 2.38. The van der Waals surface area contributed by atoms with Crippen LogP contribution in [0, 0.1) is 5.41 Å². The molecule has 0 rings (SSSR count). The lowest BCUT2D eigenvalue weighted by Gasteiger charge is -2.32. The van der Waals surface area contributed by atoms with Crippen molar-refractivity contribution < 1.29 is 39.5 Å². The van der Waals surface area contributed by atoms with E-state index in [2.05, 4.69) is 31.2 Å². The Kier molecular flexibility index (Phi) is 48.0. The smallest absolute Gasteiger partial charge is 0.312 e. The molecule has 0 spiro atoms. The molecule has 4 N–H and O–H groups in total. The van der Waals surface area contributed by atoms with E-state index in [0.29, 0.717) is 0 Å². The normalized spacial score (nSPS) is 13.2. The van der Waals surface area contributed by atoms with Gasteiger partial charge in [-0.2, -0.15) is 0 Å². The standard InChI is InChI=1S/C57H106O8/c1-2-3-4-5-6-7-8-9-18-23-28-33-38-43-48-57(56(64)65-52-53(59)51-58,49-44-39-34-29-24-19-14-10-12-16-21-26-31-36-41-46-54(60)61)50-45-40-35-30-25-20-15-11-13-17-22-27-32-37-42-47-55(62)63/h10-13,53,58-59H,2-9,14-52H2,1H3,(H,60,61)(H,62,63). The number of aliphatic hydroxyl groups excluding tert-OH is 2. The van der Waals surface area contributed by atoms with Crippen molar-refractivity contribution in [3.63, 3.8) is 0 Å². The highest BCUT2D eigenvalue weighted by Crippen LogP contribution is 2.39. The van der Waals surface area contributed by atoms with E-state index >= 15 is 0 Å². The molecule has 8 nitrogen and oxygen atoms in total. The van der Waals surface area contributed by atoms with Crippen LogP contribution in [0.3, 0.4) is 0 Å². The van der Waals surface area contributed by atoms with Crippen molar-refractivity contribution in [2.24, 2.45) is 5.41 Å². The number of aliphatic hydroxyl groups is 2. The molecule has 1 unspecified atom stereocenters. The molecule has 0 fully saturated rings. The molecule has 0 bridgehead atoms. The maximum atomic E-state index is 14.0. The number of carbonyl (C=O) groups excluding carboxylic acids is 1. The second-order valence-corrected chi connectivity index (χ2v) is 19.7. The van der Waals surface area contributed by atoms with Gasteiger partial charge in [-0.1, -0.05) is 224 Å². The summed E-state index contributed by atoms with van der Waals surface area (Å²) in [6, 6.07) is 0. The predicted molar refractivity (Wildman–Crippen MR) is 273 cm³/mol. The van der Waals surface area contributed by atoms with Gasteiger partial charge >= 0.3 is 17.9 Å². The van der Waals surface area contributed by atoms with Crippen LogP contribution in [0.5, 0.6) is 0 Å². The lowest BCUT2D eigenvalue weighted by atomic mass is 9.74. The van der Waals surface area contributed by atoms with Gasteiger partial charge in [-0.25, -0.2) is 0 Å². The quantitative estimate of drug-likeness (QED) is 0.0268. The summed E-state index contributed by atoms with van der Waals surface area (Å²) in [5.41, 5.74) is -0.515. The molecule has 0 aromatic carbocycles. The Balaban J connectivity index is 4.86. The summed E-state index contributed by atoms with van der Waals surface area (Å²) in [4.78, 5) is 35.3. The van der Waals surface area contributed by atoms with Crippen LogP contribution >= 0.6 is 0 Å². The predicted octanol–water partition coefficient (Wildman–Crippen LogP) is 16.7. The fourth-order valence-corrected chi connectivity index (χ4v) is 9.19. The molecule has 0 saturated carbocycles. The van der Waals surface area contributed by atoms with Crippen molar-refractivity contribution in [2.75, 3.05) is 13.2 Å². The molecule has 0 amide bonds. The molecule has 0 radical (unpaired) electrons. The zero-order valence-electron chi connectivity index (χ0n) is 42.5. The van der Waals surface area contributed by atoms with Crippen LogP contribution in [0.2, 0.25) is 0 Å². The summed E-state index contributed by atoms with van der Waals surface area (Å²) < 4.78 is 5.80. The summed E-state index contributed by atoms with van der Waals surface area (Å²) in [6.07, 6.45) is 58.8. The van der Waals surface area contributed by atoms with E-state index in [-0.39, 0.29) is 25.4 Å². The number of hydrogen-bond donors (Lipinski definition) is 4. The molecule has 0 aromatic rings. The Morgan fingerprint density at radius 2 is 0.677 bits per heavy atom. The number of carbonyl (C=O) groups is 3. The van der Waals surface area contributed by atoms with Crippen LogP contribution in [0.15, 0.2) is 24.3 Å². The molecule has 0 saturated heterocycles. The van der Waals surface area contributed by atoms with E-state index in [1.807, 2.05) is 0 Å². The maximum Gasteiger partial charge on any atom is 0.312 e. The lowest BCUT2D eigenvalue weighted by Crippen LogP contribution is -2.35. The Hall–Kier alpha value is -2.19. The Labute approximate surface area is 401 Å². The van der Waals surface area contributed by atoms with Crippen LogP contribution in [0.4, 0.5) is 0 Å². The molecule has 0 aliphatic rings. The van der Waals surface area contributed by atoms with Crippen LogP contribution in [0.1, 0.15) is 296 Å². The van der Waals surface area contributed by atoms with E-state index in [9.17, 15) is 24.6 Å². The van der Waals surface area contributed by atoms with Gasteiger partial charge in [0.2, 0.25) is 0 Å². The van der Waals surface area contributed by atoms with Crippen molar-refractivity contribution in [3.05, 3.63) is 24.3 Å². The van der Waals surface area contributed by atoms with Crippen molar-refractivity contribution in [1.82, 2.24) is 0 Å². The van der Waals surface area contributed by atoms with Gasteiger partial charge in [-0.05, 0) is 83.5 Å². The van der Waals surface area contributed by atoms with Gasteiger partial charge in [0.05, 0.1) is 12.0 Å². The third-order valence-electron chi connectivity index (χ3n) is 13.5. The monoisotopic (exact) mass is 919 g/mol. The maximum absolute atomic E-state index is 14.0. The van der Waals surface area contributed by atoms with E-state index in [1.165, 1.54) is 154 Å². The van der Waals surface area contributed by atoms with E-state index < -0.39 is 30.1 Å². The number of ether oxygens (including phenoxy) is 1.